The van der Waals surface area contributed by atoms with Crippen LogP contribution in [0.25, 0.3) is 0 Å². The first-order chi connectivity index (χ1) is 10.3. The van der Waals surface area contributed by atoms with Gasteiger partial charge >= 0.3 is 0 Å². The maximum absolute atomic E-state index is 5.10. The predicted molar refractivity (Wildman–Crippen MR) is 94.8 cm³/mol. The van der Waals surface area contributed by atoms with Crippen LogP contribution < -0.4 is 5.32 Å². The normalized spacial score (nSPS) is 12.5. The number of methoxy groups -OCH3 is 1. The largest absolute Gasteiger partial charge is 0.383 e. The van der Waals surface area contributed by atoms with Crippen LogP contribution in [0.3, 0.4) is 0 Å². The Morgan fingerprint density at radius 1 is 1.19 bits per heavy atom. The standard InChI is InChI=1S/C18H30BrNO/c1-3-4-5-6-9-16(15-20-12-13-21-2)14-17-10-7-8-11-18(17)19/h7-8,10-11,16,20H,3-6,9,12-15H2,1-2H3. The van der Waals surface area contributed by atoms with Gasteiger partial charge in [0, 0.05) is 18.1 Å². The molecular formula is C18H30BrNO. The lowest BCUT2D eigenvalue weighted by Gasteiger charge is -2.18. The van der Waals surface area contributed by atoms with E-state index in [1.54, 1.807) is 7.11 Å². The molecule has 0 bridgehead atoms. The Hall–Kier alpha value is -0.380. The van der Waals surface area contributed by atoms with Gasteiger partial charge in [-0.15, -0.1) is 0 Å². The summed E-state index contributed by atoms with van der Waals surface area (Å²) in [5.41, 5.74) is 1.42. The van der Waals surface area contributed by atoms with Crippen molar-refractivity contribution in [1.82, 2.24) is 5.32 Å². The summed E-state index contributed by atoms with van der Waals surface area (Å²) in [6.45, 7) is 5.08. The van der Waals surface area contributed by atoms with Gasteiger partial charge in [-0.1, -0.05) is 66.7 Å². The summed E-state index contributed by atoms with van der Waals surface area (Å²) >= 11 is 3.67. The number of unbranched alkanes of at least 4 members (excludes halogenated alkanes) is 3. The Labute approximate surface area is 138 Å². The number of halogens is 1. The molecule has 0 saturated heterocycles. The van der Waals surface area contributed by atoms with Crippen LogP contribution in [0.2, 0.25) is 0 Å². The first-order valence-corrected chi connectivity index (χ1v) is 9.00. The highest BCUT2D eigenvalue weighted by Gasteiger charge is 2.11. The lowest BCUT2D eigenvalue weighted by atomic mass is 9.93. The monoisotopic (exact) mass is 355 g/mol. The number of nitrogens with one attached hydrogen (secondary N) is 1. The van der Waals surface area contributed by atoms with Gasteiger partial charge < -0.3 is 10.1 Å². The molecule has 0 aliphatic heterocycles. The number of ether oxygens (including phenoxy) is 1. The molecule has 21 heavy (non-hydrogen) atoms. The van der Waals surface area contributed by atoms with Crippen molar-refractivity contribution in [1.29, 1.82) is 0 Å². The molecule has 0 radical (unpaired) electrons. The lowest BCUT2D eigenvalue weighted by molar-refractivity contribution is 0.197. The molecule has 0 aromatic heterocycles. The van der Waals surface area contributed by atoms with Gasteiger partial charge in [0.25, 0.3) is 0 Å². The second kappa shape index (κ2) is 12.2. The molecule has 0 aliphatic rings. The summed E-state index contributed by atoms with van der Waals surface area (Å²) in [6.07, 6.45) is 7.82. The molecule has 2 nitrogen and oxygen atoms in total. The summed E-state index contributed by atoms with van der Waals surface area (Å²) in [4.78, 5) is 0. The van der Waals surface area contributed by atoms with E-state index in [-0.39, 0.29) is 0 Å². The molecule has 1 unspecified atom stereocenters. The van der Waals surface area contributed by atoms with E-state index in [9.17, 15) is 0 Å². The van der Waals surface area contributed by atoms with Crippen molar-refractivity contribution in [3.8, 4) is 0 Å². The summed E-state index contributed by atoms with van der Waals surface area (Å²) < 4.78 is 6.34. The van der Waals surface area contributed by atoms with Crippen LogP contribution in [0.1, 0.15) is 44.6 Å². The fourth-order valence-corrected chi connectivity index (χ4v) is 3.04. The SMILES string of the molecule is CCCCCCC(CNCCOC)Cc1ccccc1Br. The van der Waals surface area contributed by atoms with Crippen molar-refractivity contribution in [2.45, 2.75) is 45.4 Å². The average Bonchev–Trinajstić information content (AvgIpc) is 2.50. The molecule has 120 valence electrons. The Morgan fingerprint density at radius 3 is 2.71 bits per heavy atom. The highest BCUT2D eigenvalue weighted by molar-refractivity contribution is 9.10. The highest BCUT2D eigenvalue weighted by Crippen LogP contribution is 2.22. The fourth-order valence-electron chi connectivity index (χ4n) is 2.59. The van der Waals surface area contributed by atoms with E-state index in [4.69, 9.17) is 4.74 Å². The maximum Gasteiger partial charge on any atom is 0.0587 e. The van der Waals surface area contributed by atoms with Crippen molar-refractivity contribution in [3.05, 3.63) is 34.3 Å². The third-order valence-corrected chi connectivity index (χ3v) is 4.62. The molecular weight excluding hydrogens is 326 g/mol. The van der Waals surface area contributed by atoms with Gasteiger partial charge in [-0.25, -0.2) is 0 Å². The summed E-state index contributed by atoms with van der Waals surface area (Å²) in [6, 6.07) is 8.59. The van der Waals surface area contributed by atoms with E-state index in [0.29, 0.717) is 5.92 Å². The minimum atomic E-state index is 0.706. The predicted octanol–water partition coefficient (Wildman–Crippen LogP) is 4.81. The average molecular weight is 356 g/mol. The van der Waals surface area contributed by atoms with Gasteiger partial charge in [0.2, 0.25) is 0 Å². The molecule has 1 N–H and O–H groups in total. The van der Waals surface area contributed by atoms with Gasteiger partial charge in [0.1, 0.15) is 0 Å². The Bertz CT molecular complexity index is 358. The van der Waals surface area contributed by atoms with Crippen LogP contribution in [0.15, 0.2) is 28.7 Å². The Morgan fingerprint density at radius 2 is 2.00 bits per heavy atom. The van der Waals surface area contributed by atoms with E-state index < -0.39 is 0 Å². The van der Waals surface area contributed by atoms with Crippen molar-refractivity contribution >= 4 is 15.9 Å². The van der Waals surface area contributed by atoms with Crippen LogP contribution in [0, 0.1) is 5.92 Å². The zero-order valence-corrected chi connectivity index (χ0v) is 15.1. The first kappa shape index (κ1) is 18.7. The van der Waals surface area contributed by atoms with Gasteiger partial charge in [-0.05, 0) is 36.9 Å². The molecule has 1 aromatic rings. The molecule has 0 aliphatic carbocycles. The molecule has 1 atom stereocenters. The topological polar surface area (TPSA) is 21.3 Å². The van der Waals surface area contributed by atoms with Crippen LogP contribution in [-0.4, -0.2) is 26.8 Å². The number of rotatable bonds is 12. The fraction of sp³-hybridized carbons (Fsp3) is 0.667. The summed E-state index contributed by atoms with van der Waals surface area (Å²) in [5.74, 6) is 0.706. The quantitative estimate of drug-likeness (QED) is 0.543. The molecule has 1 aromatic carbocycles. The summed E-state index contributed by atoms with van der Waals surface area (Å²) in [5, 5.41) is 3.53. The Balaban J connectivity index is 2.44. The van der Waals surface area contributed by atoms with E-state index >= 15 is 0 Å². The molecule has 0 amide bonds. The van der Waals surface area contributed by atoms with Crippen molar-refractivity contribution in [2.75, 3.05) is 26.8 Å². The molecule has 1 rings (SSSR count). The van der Waals surface area contributed by atoms with E-state index in [1.165, 1.54) is 42.1 Å². The van der Waals surface area contributed by atoms with Crippen molar-refractivity contribution < 1.29 is 4.74 Å². The molecule has 0 spiro atoms. The molecule has 0 saturated carbocycles. The minimum Gasteiger partial charge on any atom is -0.383 e. The molecule has 0 heterocycles. The number of hydrogen-bond acceptors (Lipinski definition) is 2. The smallest absolute Gasteiger partial charge is 0.0587 e. The lowest BCUT2D eigenvalue weighted by Crippen LogP contribution is -2.27. The van der Waals surface area contributed by atoms with Gasteiger partial charge in [0.05, 0.1) is 6.61 Å². The van der Waals surface area contributed by atoms with E-state index in [2.05, 4.69) is 52.4 Å². The Kier molecular flexibility index (Phi) is 10.8. The number of hydrogen-bond donors (Lipinski definition) is 1. The third-order valence-electron chi connectivity index (χ3n) is 3.85. The van der Waals surface area contributed by atoms with Crippen LogP contribution in [-0.2, 0) is 11.2 Å². The molecule has 3 heteroatoms. The van der Waals surface area contributed by atoms with Gasteiger partial charge in [-0.2, -0.15) is 0 Å². The van der Waals surface area contributed by atoms with Crippen LogP contribution in [0.4, 0.5) is 0 Å². The second-order valence-electron chi connectivity index (χ2n) is 5.71. The van der Waals surface area contributed by atoms with E-state index in [0.717, 1.165) is 26.1 Å². The van der Waals surface area contributed by atoms with Gasteiger partial charge in [0.15, 0.2) is 0 Å². The first-order valence-electron chi connectivity index (χ1n) is 8.21. The van der Waals surface area contributed by atoms with E-state index in [1.807, 2.05) is 0 Å². The third kappa shape index (κ3) is 8.60. The summed E-state index contributed by atoms with van der Waals surface area (Å²) in [7, 11) is 1.75. The van der Waals surface area contributed by atoms with Crippen molar-refractivity contribution in [2.24, 2.45) is 5.92 Å². The van der Waals surface area contributed by atoms with Crippen LogP contribution >= 0.6 is 15.9 Å². The minimum absolute atomic E-state index is 0.706. The second-order valence-corrected chi connectivity index (χ2v) is 6.56. The zero-order chi connectivity index (χ0) is 15.3. The molecule has 0 fully saturated rings. The van der Waals surface area contributed by atoms with Gasteiger partial charge in [-0.3, -0.25) is 0 Å². The number of benzene rings is 1. The maximum atomic E-state index is 5.10. The highest BCUT2D eigenvalue weighted by atomic mass is 79.9. The van der Waals surface area contributed by atoms with Crippen molar-refractivity contribution in [3.63, 3.8) is 0 Å². The zero-order valence-electron chi connectivity index (χ0n) is 13.5. The van der Waals surface area contributed by atoms with Crippen LogP contribution in [0.5, 0.6) is 0 Å².